The topological polar surface area (TPSA) is 79.5 Å². The molecule has 1 aliphatic rings. The van der Waals surface area contributed by atoms with Crippen molar-refractivity contribution < 1.29 is 14.3 Å². The van der Waals surface area contributed by atoms with Crippen LogP contribution in [0.4, 0.5) is 0 Å². The Morgan fingerprint density at radius 2 is 2.35 bits per heavy atom. The Morgan fingerprint density at radius 1 is 1.53 bits per heavy atom. The van der Waals surface area contributed by atoms with Crippen molar-refractivity contribution in [2.75, 3.05) is 6.54 Å². The van der Waals surface area contributed by atoms with Gasteiger partial charge in [-0.3, -0.25) is 9.69 Å². The van der Waals surface area contributed by atoms with Crippen LogP contribution >= 0.6 is 0 Å². The van der Waals surface area contributed by atoms with Crippen molar-refractivity contribution in [2.45, 2.75) is 45.2 Å². The van der Waals surface area contributed by atoms with Crippen LogP contribution in [0.5, 0.6) is 0 Å². The second-order valence-electron chi connectivity index (χ2n) is 4.43. The number of carboxylic acids is 1. The van der Waals surface area contributed by atoms with Crippen molar-refractivity contribution in [1.82, 2.24) is 15.1 Å². The van der Waals surface area contributed by atoms with Gasteiger partial charge in [0, 0.05) is 13.0 Å². The molecule has 1 saturated heterocycles. The lowest BCUT2D eigenvalue weighted by atomic mass is 9.99. The van der Waals surface area contributed by atoms with Gasteiger partial charge in [0.15, 0.2) is 0 Å². The van der Waals surface area contributed by atoms with E-state index < -0.39 is 5.97 Å². The van der Waals surface area contributed by atoms with Crippen LogP contribution < -0.4 is 0 Å². The van der Waals surface area contributed by atoms with E-state index in [9.17, 15) is 4.79 Å². The molecule has 1 aromatic rings. The van der Waals surface area contributed by atoms with Crippen molar-refractivity contribution >= 4 is 5.97 Å². The lowest BCUT2D eigenvalue weighted by Crippen LogP contribution is -2.40. The molecular formula is C11H17N3O3. The molecule has 0 bridgehead atoms. The molecule has 2 heterocycles. The van der Waals surface area contributed by atoms with E-state index in [0.717, 1.165) is 25.8 Å². The number of aliphatic carboxylic acids is 1. The molecule has 0 saturated carbocycles. The van der Waals surface area contributed by atoms with Crippen LogP contribution in [0, 0.1) is 6.92 Å². The van der Waals surface area contributed by atoms with E-state index in [1.807, 2.05) is 0 Å². The Hall–Kier alpha value is -1.43. The van der Waals surface area contributed by atoms with Gasteiger partial charge in [0.1, 0.15) is 0 Å². The zero-order chi connectivity index (χ0) is 12.3. The third kappa shape index (κ3) is 3.26. The van der Waals surface area contributed by atoms with Gasteiger partial charge in [-0.05, 0) is 19.4 Å². The van der Waals surface area contributed by atoms with Crippen LogP contribution in [0.1, 0.15) is 37.5 Å². The first-order valence-corrected chi connectivity index (χ1v) is 5.90. The highest BCUT2D eigenvalue weighted by Crippen LogP contribution is 2.21. The number of rotatable bonds is 4. The van der Waals surface area contributed by atoms with Crippen LogP contribution in [0.15, 0.2) is 4.42 Å². The van der Waals surface area contributed by atoms with E-state index >= 15 is 0 Å². The maximum absolute atomic E-state index is 10.8. The number of piperidine rings is 1. The molecule has 0 spiro atoms. The quantitative estimate of drug-likeness (QED) is 0.850. The van der Waals surface area contributed by atoms with Crippen molar-refractivity contribution in [3.05, 3.63) is 11.8 Å². The maximum Gasteiger partial charge on any atom is 0.304 e. The van der Waals surface area contributed by atoms with Gasteiger partial charge in [0.25, 0.3) is 0 Å². The predicted octanol–water partition coefficient (Wildman–Crippen LogP) is 1.21. The van der Waals surface area contributed by atoms with Gasteiger partial charge in [-0.25, -0.2) is 0 Å². The monoisotopic (exact) mass is 239 g/mol. The zero-order valence-corrected chi connectivity index (χ0v) is 9.93. The van der Waals surface area contributed by atoms with E-state index in [4.69, 9.17) is 9.52 Å². The number of likely N-dealkylation sites (tertiary alicyclic amines) is 1. The van der Waals surface area contributed by atoms with Crippen LogP contribution in [-0.2, 0) is 11.3 Å². The Kier molecular flexibility index (Phi) is 3.73. The third-order valence-corrected chi connectivity index (χ3v) is 3.07. The third-order valence-electron chi connectivity index (χ3n) is 3.07. The lowest BCUT2D eigenvalue weighted by Gasteiger charge is -2.33. The molecular weight excluding hydrogens is 222 g/mol. The molecule has 0 amide bonds. The second-order valence-corrected chi connectivity index (χ2v) is 4.43. The molecule has 1 fully saturated rings. The van der Waals surface area contributed by atoms with Gasteiger partial charge in [-0.2, -0.15) is 0 Å². The van der Waals surface area contributed by atoms with Crippen molar-refractivity contribution in [3.63, 3.8) is 0 Å². The molecule has 1 aliphatic heterocycles. The molecule has 0 aliphatic carbocycles. The molecule has 2 rings (SSSR count). The normalized spacial score (nSPS) is 21.6. The Labute approximate surface area is 99.6 Å². The standard InChI is InChI=1S/C11H17N3O3/c1-8-12-13-10(17-8)7-14-5-3-2-4-9(14)6-11(15)16/h9H,2-7H2,1H3,(H,15,16). The molecule has 1 N–H and O–H groups in total. The zero-order valence-electron chi connectivity index (χ0n) is 9.93. The molecule has 94 valence electrons. The van der Waals surface area contributed by atoms with Gasteiger partial charge in [-0.1, -0.05) is 6.42 Å². The molecule has 0 aromatic carbocycles. The lowest BCUT2D eigenvalue weighted by molar-refractivity contribution is -0.138. The summed E-state index contributed by atoms with van der Waals surface area (Å²) >= 11 is 0. The Bertz CT molecular complexity index is 391. The molecule has 1 atom stereocenters. The summed E-state index contributed by atoms with van der Waals surface area (Å²) in [6.45, 7) is 3.21. The minimum Gasteiger partial charge on any atom is -0.481 e. The Morgan fingerprint density at radius 3 is 3.00 bits per heavy atom. The van der Waals surface area contributed by atoms with Gasteiger partial charge in [0.2, 0.25) is 11.8 Å². The van der Waals surface area contributed by atoms with E-state index in [1.165, 1.54) is 0 Å². The van der Waals surface area contributed by atoms with E-state index in [2.05, 4.69) is 15.1 Å². The van der Waals surface area contributed by atoms with Crippen molar-refractivity contribution in [3.8, 4) is 0 Å². The first kappa shape index (κ1) is 12.0. The van der Waals surface area contributed by atoms with E-state index in [0.29, 0.717) is 18.3 Å². The van der Waals surface area contributed by atoms with Gasteiger partial charge < -0.3 is 9.52 Å². The SMILES string of the molecule is Cc1nnc(CN2CCCCC2CC(=O)O)o1. The summed E-state index contributed by atoms with van der Waals surface area (Å²) in [6.07, 6.45) is 3.31. The number of hydrogen-bond donors (Lipinski definition) is 1. The van der Waals surface area contributed by atoms with Crippen LogP contribution in [0.2, 0.25) is 0 Å². The number of aryl methyl sites for hydroxylation is 1. The fourth-order valence-corrected chi connectivity index (χ4v) is 2.28. The Balaban J connectivity index is 1.98. The van der Waals surface area contributed by atoms with Crippen molar-refractivity contribution in [1.29, 1.82) is 0 Å². The smallest absolute Gasteiger partial charge is 0.304 e. The molecule has 1 aromatic heterocycles. The second kappa shape index (κ2) is 5.27. The largest absolute Gasteiger partial charge is 0.481 e. The molecule has 1 unspecified atom stereocenters. The molecule has 6 heteroatoms. The average molecular weight is 239 g/mol. The summed E-state index contributed by atoms with van der Waals surface area (Å²) < 4.78 is 5.33. The van der Waals surface area contributed by atoms with Crippen LogP contribution in [0.3, 0.4) is 0 Å². The van der Waals surface area contributed by atoms with E-state index in [1.54, 1.807) is 6.92 Å². The highest BCUT2D eigenvalue weighted by atomic mass is 16.4. The maximum atomic E-state index is 10.8. The number of carboxylic acid groups (broad SMARTS) is 1. The van der Waals surface area contributed by atoms with Crippen LogP contribution in [0.25, 0.3) is 0 Å². The first-order valence-electron chi connectivity index (χ1n) is 5.90. The van der Waals surface area contributed by atoms with Gasteiger partial charge in [0.05, 0.1) is 13.0 Å². The predicted molar refractivity (Wildman–Crippen MR) is 59.3 cm³/mol. The minimum absolute atomic E-state index is 0.0912. The minimum atomic E-state index is -0.747. The number of aromatic nitrogens is 2. The van der Waals surface area contributed by atoms with Gasteiger partial charge >= 0.3 is 5.97 Å². The van der Waals surface area contributed by atoms with Crippen molar-refractivity contribution in [2.24, 2.45) is 0 Å². The molecule has 0 radical (unpaired) electrons. The summed E-state index contributed by atoms with van der Waals surface area (Å²) in [6, 6.07) is 0.0912. The summed E-state index contributed by atoms with van der Waals surface area (Å²) in [5.74, 6) is 0.371. The van der Waals surface area contributed by atoms with E-state index in [-0.39, 0.29) is 12.5 Å². The average Bonchev–Trinajstić information content (AvgIpc) is 2.66. The molecule has 17 heavy (non-hydrogen) atoms. The number of nitrogens with zero attached hydrogens (tertiary/aromatic N) is 3. The van der Waals surface area contributed by atoms with Gasteiger partial charge in [-0.15, -0.1) is 10.2 Å². The summed E-state index contributed by atoms with van der Waals surface area (Å²) in [5.41, 5.74) is 0. The fraction of sp³-hybridized carbons (Fsp3) is 0.727. The first-order chi connectivity index (χ1) is 8.15. The highest BCUT2D eigenvalue weighted by molar-refractivity contribution is 5.67. The molecule has 6 nitrogen and oxygen atoms in total. The summed E-state index contributed by atoms with van der Waals surface area (Å²) in [7, 11) is 0. The van der Waals surface area contributed by atoms with Crippen LogP contribution in [-0.4, -0.2) is 38.8 Å². The highest BCUT2D eigenvalue weighted by Gasteiger charge is 2.25. The summed E-state index contributed by atoms with van der Waals surface area (Å²) in [4.78, 5) is 12.9. The fourth-order valence-electron chi connectivity index (χ4n) is 2.28. The summed E-state index contributed by atoms with van der Waals surface area (Å²) in [5, 5.41) is 16.6. The number of hydrogen-bond acceptors (Lipinski definition) is 5. The number of carbonyl (C=O) groups is 1.